The highest BCUT2D eigenvalue weighted by molar-refractivity contribution is 7.91. The van der Waals surface area contributed by atoms with Crippen LogP contribution in [0.25, 0.3) is 0 Å². The van der Waals surface area contributed by atoms with Crippen molar-refractivity contribution in [1.82, 2.24) is 4.90 Å². The summed E-state index contributed by atoms with van der Waals surface area (Å²) in [5, 5.41) is 0.528. The van der Waals surface area contributed by atoms with Crippen molar-refractivity contribution < 1.29 is 17.9 Å². The summed E-state index contributed by atoms with van der Waals surface area (Å²) in [5.74, 6) is 1.58. The van der Waals surface area contributed by atoms with E-state index in [1.165, 1.54) is 0 Å². The van der Waals surface area contributed by atoms with E-state index in [4.69, 9.17) is 21.1 Å². The highest BCUT2D eigenvalue weighted by Gasteiger charge is 2.29. The first kappa shape index (κ1) is 20.0. The highest BCUT2D eigenvalue weighted by Crippen LogP contribution is 2.38. The van der Waals surface area contributed by atoms with Crippen molar-refractivity contribution >= 4 is 21.4 Å². The molecular weight excluding hydrogens is 386 g/mol. The molecule has 2 aromatic rings. The van der Waals surface area contributed by atoms with Crippen LogP contribution >= 0.6 is 11.6 Å². The van der Waals surface area contributed by atoms with Crippen molar-refractivity contribution in [3.63, 3.8) is 0 Å². The van der Waals surface area contributed by atoms with E-state index >= 15 is 0 Å². The minimum atomic E-state index is -3.35. The molecule has 0 aliphatic carbocycles. The molecule has 0 aromatic heterocycles. The molecule has 1 fully saturated rings. The fourth-order valence-electron chi connectivity index (χ4n) is 3.54. The van der Waals surface area contributed by atoms with Gasteiger partial charge in [0.15, 0.2) is 9.84 Å². The average molecular weight is 410 g/mol. The molecule has 0 N–H and O–H groups in total. The summed E-state index contributed by atoms with van der Waals surface area (Å²) in [4.78, 5) is 2.53. The monoisotopic (exact) mass is 409 g/mol. The Hall–Kier alpha value is -1.76. The molecule has 1 aliphatic rings. The van der Waals surface area contributed by atoms with Gasteiger partial charge in [-0.05, 0) is 49.7 Å². The zero-order chi connectivity index (χ0) is 19.4. The molecule has 0 spiro atoms. The third kappa shape index (κ3) is 4.57. The molecule has 1 saturated heterocycles. The van der Waals surface area contributed by atoms with Crippen molar-refractivity contribution in [3.8, 4) is 11.5 Å². The second-order valence-electron chi connectivity index (χ2n) is 6.57. The number of nitrogens with zero attached hydrogens (tertiary/aromatic N) is 1. The number of methoxy groups -OCH3 is 2. The number of likely N-dealkylation sites (tertiary alicyclic amines) is 1. The molecule has 0 amide bonds. The van der Waals surface area contributed by atoms with Crippen LogP contribution in [-0.2, 0) is 9.84 Å². The fraction of sp³-hybridized carbons (Fsp3) is 0.400. The van der Waals surface area contributed by atoms with Gasteiger partial charge < -0.3 is 9.47 Å². The van der Waals surface area contributed by atoms with Crippen molar-refractivity contribution in [2.75, 3.05) is 33.1 Å². The van der Waals surface area contributed by atoms with E-state index in [2.05, 4.69) is 4.90 Å². The van der Waals surface area contributed by atoms with E-state index in [1.54, 1.807) is 38.5 Å². The second-order valence-corrected chi connectivity index (χ2v) is 9.12. The van der Waals surface area contributed by atoms with Gasteiger partial charge in [0, 0.05) is 29.2 Å². The summed E-state index contributed by atoms with van der Waals surface area (Å²) < 4.78 is 36.1. The largest absolute Gasteiger partial charge is 0.497 e. The van der Waals surface area contributed by atoms with Gasteiger partial charge in [-0.25, -0.2) is 8.42 Å². The molecule has 0 radical (unpaired) electrons. The number of hydrogen-bond donors (Lipinski definition) is 0. The fourth-order valence-corrected chi connectivity index (χ4v) is 4.92. The van der Waals surface area contributed by atoms with Crippen LogP contribution in [0.5, 0.6) is 11.5 Å². The van der Waals surface area contributed by atoms with Crippen LogP contribution in [0.3, 0.4) is 0 Å². The lowest BCUT2D eigenvalue weighted by atomic mass is 10.0. The van der Waals surface area contributed by atoms with Crippen LogP contribution < -0.4 is 9.47 Å². The molecule has 2 aromatic carbocycles. The van der Waals surface area contributed by atoms with Crippen LogP contribution in [0, 0.1) is 0 Å². The number of benzene rings is 2. The first-order valence-electron chi connectivity index (χ1n) is 8.89. The summed E-state index contributed by atoms with van der Waals surface area (Å²) >= 11 is 5.86. The third-order valence-electron chi connectivity index (χ3n) is 4.98. The Labute approximate surface area is 165 Å². The highest BCUT2D eigenvalue weighted by atomic mass is 35.5. The molecule has 7 heteroatoms. The molecular formula is C20H24ClNO4S. The van der Waals surface area contributed by atoms with Crippen LogP contribution in [0.1, 0.15) is 24.4 Å². The Morgan fingerprint density at radius 2 is 1.85 bits per heavy atom. The maximum absolute atomic E-state index is 12.6. The average Bonchev–Trinajstić information content (AvgIpc) is 3.14. The molecule has 0 bridgehead atoms. The Bertz CT molecular complexity index is 883. The Kier molecular flexibility index (Phi) is 6.29. The van der Waals surface area contributed by atoms with E-state index < -0.39 is 9.84 Å². The zero-order valence-corrected chi connectivity index (χ0v) is 17.1. The van der Waals surface area contributed by atoms with Gasteiger partial charge in [0.2, 0.25) is 0 Å². The van der Waals surface area contributed by atoms with Crippen molar-refractivity contribution in [3.05, 3.63) is 53.1 Å². The molecule has 0 saturated carbocycles. The Morgan fingerprint density at radius 3 is 2.52 bits per heavy atom. The van der Waals surface area contributed by atoms with Gasteiger partial charge in [0.25, 0.3) is 0 Å². The summed E-state index contributed by atoms with van der Waals surface area (Å²) in [6.07, 6.45) is 2.00. The van der Waals surface area contributed by atoms with Gasteiger partial charge in [0.05, 0.1) is 24.9 Å². The standard InChI is InChI=1S/C20H24ClNO4S/c1-25-16-7-10-18(20(14-16)26-2)19-4-3-11-22(19)12-13-27(23,24)17-8-5-15(21)6-9-17/h5-10,14,19H,3-4,11-13H2,1-2H3/t19-/m1/s1. The van der Waals surface area contributed by atoms with Crippen molar-refractivity contribution in [2.24, 2.45) is 0 Å². The summed E-state index contributed by atoms with van der Waals surface area (Å²) in [6.45, 7) is 1.35. The molecule has 27 heavy (non-hydrogen) atoms. The van der Waals surface area contributed by atoms with Gasteiger partial charge in [0.1, 0.15) is 11.5 Å². The molecule has 1 aliphatic heterocycles. The molecule has 1 heterocycles. The van der Waals surface area contributed by atoms with Gasteiger partial charge in [-0.2, -0.15) is 0 Å². The lowest BCUT2D eigenvalue weighted by Gasteiger charge is -2.26. The van der Waals surface area contributed by atoms with Gasteiger partial charge in [-0.1, -0.05) is 17.7 Å². The number of hydrogen-bond acceptors (Lipinski definition) is 5. The summed E-state index contributed by atoms with van der Waals surface area (Å²) in [6, 6.07) is 12.3. The quantitative estimate of drug-likeness (QED) is 0.692. The van der Waals surface area contributed by atoms with Gasteiger partial charge >= 0.3 is 0 Å². The normalized spacial score (nSPS) is 17.8. The van der Waals surface area contributed by atoms with Crippen LogP contribution in [0.4, 0.5) is 0 Å². The van der Waals surface area contributed by atoms with E-state index in [0.29, 0.717) is 16.5 Å². The maximum atomic E-state index is 12.6. The first-order valence-corrected chi connectivity index (χ1v) is 10.9. The molecule has 5 nitrogen and oxygen atoms in total. The topological polar surface area (TPSA) is 55.8 Å². The van der Waals surface area contributed by atoms with Crippen LogP contribution in [0.2, 0.25) is 5.02 Å². The third-order valence-corrected chi connectivity index (χ3v) is 6.95. The number of rotatable bonds is 7. The molecule has 0 unspecified atom stereocenters. The lowest BCUT2D eigenvalue weighted by Crippen LogP contribution is -2.29. The second kappa shape index (κ2) is 8.50. The lowest BCUT2D eigenvalue weighted by molar-refractivity contribution is 0.265. The van der Waals surface area contributed by atoms with E-state index in [-0.39, 0.29) is 11.8 Å². The van der Waals surface area contributed by atoms with Crippen molar-refractivity contribution in [2.45, 2.75) is 23.8 Å². The number of ether oxygens (including phenoxy) is 2. The summed E-state index contributed by atoms with van der Waals surface area (Å²) in [7, 11) is -0.0837. The van der Waals surface area contributed by atoms with E-state index in [0.717, 1.165) is 36.4 Å². The van der Waals surface area contributed by atoms with Crippen molar-refractivity contribution in [1.29, 1.82) is 0 Å². The predicted octanol–water partition coefficient (Wildman–Crippen LogP) is 3.97. The molecule has 3 rings (SSSR count). The van der Waals surface area contributed by atoms with Crippen LogP contribution in [0.15, 0.2) is 47.4 Å². The van der Waals surface area contributed by atoms with E-state index in [9.17, 15) is 8.42 Å². The summed E-state index contributed by atoms with van der Waals surface area (Å²) in [5.41, 5.74) is 1.07. The minimum Gasteiger partial charge on any atom is -0.497 e. The van der Waals surface area contributed by atoms with Gasteiger partial charge in [-0.15, -0.1) is 0 Å². The predicted molar refractivity (Wildman–Crippen MR) is 107 cm³/mol. The Morgan fingerprint density at radius 1 is 1.11 bits per heavy atom. The smallest absolute Gasteiger partial charge is 0.179 e. The SMILES string of the molecule is COc1ccc([C@H]2CCCN2CCS(=O)(=O)c2ccc(Cl)cc2)c(OC)c1. The number of sulfone groups is 1. The maximum Gasteiger partial charge on any atom is 0.179 e. The van der Waals surface area contributed by atoms with Crippen LogP contribution in [-0.4, -0.2) is 46.4 Å². The molecule has 1 atom stereocenters. The minimum absolute atomic E-state index is 0.0730. The zero-order valence-electron chi connectivity index (χ0n) is 15.5. The van der Waals surface area contributed by atoms with Gasteiger partial charge in [-0.3, -0.25) is 4.90 Å². The number of halogens is 1. The van der Waals surface area contributed by atoms with E-state index in [1.807, 2.05) is 18.2 Å². The Balaban J connectivity index is 1.74. The molecule has 146 valence electrons. The first-order chi connectivity index (χ1) is 12.9.